The summed E-state index contributed by atoms with van der Waals surface area (Å²) in [6, 6.07) is 12.3. The molecule has 2 amide bonds. The van der Waals surface area contributed by atoms with Gasteiger partial charge in [0.25, 0.3) is 11.8 Å². The molecule has 0 spiro atoms. The number of benzene rings is 2. The Bertz CT molecular complexity index is 1310. The van der Waals surface area contributed by atoms with Gasteiger partial charge in [0.2, 0.25) is 0 Å². The van der Waals surface area contributed by atoms with E-state index in [4.69, 9.17) is 13.9 Å². The lowest BCUT2D eigenvalue weighted by Crippen LogP contribution is -2.38. The first-order chi connectivity index (χ1) is 16.9. The highest BCUT2D eigenvalue weighted by Gasteiger charge is 2.29. The van der Waals surface area contributed by atoms with Crippen LogP contribution in [0.2, 0.25) is 0 Å². The molecule has 180 valence electrons. The van der Waals surface area contributed by atoms with Gasteiger partial charge in [0.15, 0.2) is 24.8 Å². The number of ether oxygens (including phenoxy) is 2. The zero-order chi connectivity index (χ0) is 24.5. The Balaban J connectivity index is 1.31. The molecule has 0 atom stereocenters. The summed E-state index contributed by atoms with van der Waals surface area (Å²) in [5, 5.41) is 2.86. The van der Waals surface area contributed by atoms with Gasteiger partial charge in [-0.2, -0.15) is 0 Å². The van der Waals surface area contributed by atoms with E-state index in [-0.39, 0.29) is 55.0 Å². The highest BCUT2D eigenvalue weighted by atomic mass is 19.1. The third-order valence-corrected chi connectivity index (χ3v) is 5.83. The molecule has 0 saturated heterocycles. The number of carbonyl (C=O) groups excluding carboxylic acids is 3. The number of carbonyl (C=O) groups is 3. The molecule has 1 fully saturated rings. The summed E-state index contributed by atoms with van der Waals surface area (Å²) in [6.07, 6.45) is 1.93. The molecule has 8 nitrogen and oxygen atoms in total. The van der Waals surface area contributed by atoms with Crippen molar-refractivity contribution in [1.29, 1.82) is 0 Å². The van der Waals surface area contributed by atoms with Crippen molar-refractivity contribution in [2.75, 3.05) is 18.1 Å². The number of amides is 2. The maximum atomic E-state index is 13.3. The Labute approximate surface area is 200 Å². The van der Waals surface area contributed by atoms with E-state index >= 15 is 0 Å². The van der Waals surface area contributed by atoms with Crippen molar-refractivity contribution < 1.29 is 32.7 Å². The molecular formula is C26H23FN2O6. The Kier molecular flexibility index (Phi) is 5.98. The summed E-state index contributed by atoms with van der Waals surface area (Å²) in [5.74, 6) is 0.202. The van der Waals surface area contributed by atoms with Crippen LogP contribution in [0.4, 0.5) is 10.1 Å². The average Bonchev–Trinajstić information content (AvgIpc) is 3.53. The number of hydrogen-bond donors (Lipinski definition) is 1. The molecule has 2 heterocycles. The number of nitrogens with one attached hydrogen (secondary N) is 1. The highest BCUT2D eigenvalue weighted by Crippen LogP contribution is 2.34. The number of anilines is 1. The van der Waals surface area contributed by atoms with Crippen molar-refractivity contribution >= 4 is 23.3 Å². The van der Waals surface area contributed by atoms with Gasteiger partial charge in [-0.1, -0.05) is 0 Å². The van der Waals surface area contributed by atoms with Gasteiger partial charge in [0, 0.05) is 11.6 Å². The van der Waals surface area contributed by atoms with Gasteiger partial charge >= 0.3 is 0 Å². The maximum Gasteiger partial charge on any atom is 0.287 e. The second-order valence-electron chi connectivity index (χ2n) is 8.59. The molecule has 3 aromatic rings. The molecule has 1 N–H and O–H groups in total. The van der Waals surface area contributed by atoms with Gasteiger partial charge in [-0.05, 0) is 73.9 Å². The molecule has 1 saturated carbocycles. The minimum Gasteiger partial charge on any atom is -0.485 e. The molecule has 5 rings (SSSR count). The molecule has 35 heavy (non-hydrogen) atoms. The van der Waals surface area contributed by atoms with Crippen LogP contribution in [0.3, 0.4) is 0 Å². The van der Waals surface area contributed by atoms with E-state index in [1.54, 1.807) is 37.3 Å². The minimum atomic E-state index is -0.382. The third-order valence-electron chi connectivity index (χ3n) is 5.83. The second kappa shape index (κ2) is 9.25. The number of fused-ring (bicyclic) bond motifs is 1. The van der Waals surface area contributed by atoms with Crippen LogP contribution in [-0.4, -0.2) is 36.9 Å². The Morgan fingerprint density at radius 1 is 1.14 bits per heavy atom. The predicted molar refractivity (Wildman–Crippen MR) is 123 cm³/mol. The Morgan fingerprint density at radius 3 is 2.74 bits per heavy atom. The van der Waals surface area contributed by atoms with Crippen molar-refractivity contribution in [2.24, 2.45) is 0 Å². The molecule has 0 unspecified atom stereocenters. The summed E-state index contributed by atoms with van der Waals surface area (Å²) in [7, 11) is 0. The largest absolute Gasteiger partial charge is 0.485 e. The van der Waals surface area contributed by atoms with Gasteiger partial charge in [-0.3, -0.25) is 19.3 Å². The van der Waals surface area contributed by atoms with Gasteiger partial charge < -0.3 is 19.2 Å². The molecular weight excluding hydrogens is 455 g/mol. The smallest absolute Gasteiger partial charge is 0.287 e. The summed E-state index contributed by atoms with van der Waals surface area (Å²) < 4.78 is 30.1. The standard InChI is InChI=1S/C26H23FN2O6/c1-15-10-17(27)3-8-22(15)33-13-21(30)16-2-7-23-20(11-16)29(25(31)14-34-23)12-19-6-9-24(35-19)26(32)28-18-4-5-18/h2-3,6-11,18H,4-5,12-14H2,1H3,(H,28,32). The lowest BCUT2D eigenvalue weighted by Gasteiger charge is -2.29. The SMILES string of the molecule is Cc1cc(F)ccc1OCC(=O)c1ccc2c(c1)N(Cc1ccc(C(=O)NC3CC3)o1)C(=O)CO2. The van der Waals surface area contributed by atoms with Gasteiger partial charge in [-0.15, -0.1) is 0 Å². The van der Waals surface area contributed by atoms with E-state index in [1.807, 2.05) is 0 Å². The molecule has 0 radical (unpaired) electrons. The zero-order valence-electron chi connectivity index (χ0n) is 19.0. The quantitative estimate of drug-likeness (QED) is 0.495. The predicted octanol–water partition coefficient (Wildman–Crippen LogP) is 3.81. The first kappa shape index (κ1) is 22.6. The van der Waals surface area contributed by atoms with E-state index in [0.717, 1.165) is 12.8 Å². The lowest BCUT2D eigenvalue weighted by molar-refractivity contribution is -0.121. The normalized spacial score (nSPS) is 14.8. The fourth-order valence-corrected chi connectivity index (χ4v) is 3.78. The first-order valence-electron chi connectivity index (χ1n) is 11.3. The van der Waals surface area contributed by atoms with E-state index in [0.29, 0.717) is 34.1 Å². The van der Waals surface area contributed by atoms with Crippen LogP contribution >= 0.6 is 0 Å². The van der Waals surface area contributed by atoms with Crippen LogP contribution in [-0.2, 0) is 11.3 Å². The molecule has 2 aromatic carbocycles. The van der Waals surface area contributed by atoms with Crippen molar-refractivity contribution in [3.05, 3.63) is 77.0 Å². The third kappa shape index (κ3) is 5.03. The van der Waals surface area contributed by atoms with Crippen molar-refractivity contribution in [3.63, 3.8) is 0 Å². The molecule has 2 aliphatic rings. The van der Waals surface area contributed by atoms with Crippen LogP contribution < -0.4 is 19.7 Å². The summed E-state index contributed by atoms with van der Waals surface area (Å²) in [6.45, 7) is 1.37. The molecule has 0 bridgehead atoms. The van der Waals surface area contributed by atoms with E-state index in [1.165, 1.54) is 23.1 Å². The fourth-order valence-electron chi connectivity index (χ4n) is 3.78. The van der Waals surface area contributed by atoms with Gasteiger partial charge in [0.1, 0.15) is 23.1 Å². The van der Waals surface area contributed by atoms with Crippen molar-refractivity contribution in [2.45, 2.75) is 32.4 Å². The number of rotatable bonds is 8. The number of Topliss-reactive ketones (excluding diaryl/α,β-unsaturated/α-hetero) is 1. The number of hydrogen-bond acceptors (Lipinski definition) is 6. The van der Waals surface area contributed by atoms with Crippen LogP contribution in [0.5, 0.6) is 11.5 Å². The molecule has 9 heteroatoms. The fraction of sp³-hybridized carbons (Fsp3) is 0.269. The number of aryl methyl sites for hydroxylation is 1. The van der Waals surface area contributed by atoms with Gasteiger partial charge in [0.05, 0.1) is 12.2 Å². The lowest BCUT2D eigenvalue weighted by atomic mass is 10.1. The highest BCUT2D eigenvalue weighted by molar-refractivity contribution is 6.02. The topological polar surface area (TPSA) is 98.1 Å². The first-order valence-corrected chi connectivity index (χ1v) is 11.3. The number of ketones is 1. The summed E-state index contributed by atoms with van der Waals surface area (Å²) >= 11 is 0. The zero-order valence-corrected chi connectivity index (χ0v) is 19.0. The average molecular weight is 478 g/mol. The molecule has 1 aliphatic carbocycles. The van der Waals surface area contributed by atoms with Crippen LogP contribution in [0.25, 0.3) is 0 Å². The summed E-state index contributed by atoms with van der Waals surface area (Å²) in [4.78, 5) is 39.1. The van der Waals surface area contributed by atoms with Crippen LogP contribution in [0.1, 0.15) is 45.1 Å². The number of nitrogens with zero attached hydrogens (tertiary/aromatic N) is 1. The molecule has 1 aliphatic heterocycles. The number of halogens is 1. The Morgan fingerprint density at radius 2 is 1.97 bits per heavy atom. The van der Waals surface area contributed by atoms with E-state index < -0.39 is 0 Å². The van der Waals surface area contributed by atoms with Crippen LogP contribution in [0.15, 0.2) is 52.9 Å². The monoisotopic (exact) mass is 478 g/mol. The maximum absolute atomic E-state index is 13.3. The Hall–Kier alpha value is -4.14. The van der Waals surface area contributed by atoms with Crippen molar-refractivity contribution in [3.8, 4) is 11.5 Å². The summed E-state index contributed by atoms with van der Waals surface area (Å²) in [5.41, 5.74) is 1.33. The molecule has 1 aromatic heterocycles. The van der Waals surface area contributed by atoms with E-state index in [9.17, 15) is 18.8 Å². The van der Waals surface area contributed by atoms with Gasteiger partial charge in [-0.25, -0.2) is 4.39 Å². The second-order valence-corrected chi connectivity index (χ2v) is 8.59. The minimum absolute atomic E-state index is 0.0782. The number of furan rings is 1. The van der Waals surface area contributed by atoms with Crippen LogP contribution in [0, 0.1) is 12.7 Å². The van der Waals surface area contributed by atoms with E-state index in [2.05, 4.69) is 5.32 Å². The van der Waals surface area contributed by atoms with Crippen molar-refractivity contribution in [1.82, 2.24) is 5.32 Å².